The quantitative estimate of drug-likeness (QED) is 0.878. The van der Waals surface area contributed by atoms with Gasteiger partial charge in [-0.25, -0.2) is 4.79 Å². The molecule has 17 heavy (non-hydrogen) atoms. The number of hydrogen-bond acceptors (Lipinski definition) is 3. The van der Waals surface area contributed by atoms with Gasteiger partial charge in [0.2, 0.25) is 0 Å². The van der Waals surface area contributed by atoms with Gasteiger partial charge in [0, 0.05) is 23.5 Å². The number of rotatable bonds is 3. The molecule has 0 bridgehead atoms. The van der Waals surface area contributed by atoms with Crippen molar-refractivity contribution >= 4 is 5.97 Å². The first-order valence-corrected chi connectivity index (χ1v) is 5.04. The monoisotopic (exact) mass is 229 g/mol. The molecule has 2 rings (SSSR count). The Bertz CT molecular complexity index is 538. The van der Waals surface area contributed by atoms with Crippen molar-refractivity contribution in [1.29, 1.82) is 0 Å². The van der Waals surface area contributed by atoms with E-state index in [1.807, 2.05) is 6.07 Å². The van der Waals surface area contributed by atoms with Crippen molar-refractivity contribution < 1.29 is 14.6 Å². The number of aromatic carboxylic acids is 1. The maximum atomic E-state index is 11.3. The van der Waals surface area contributed by atoms with Crippen LogP contribution < -0.4 is 4.74 Å². The third-order valence-corrected chi connectivity index (χ3v) is 2.43. The minimum Gasteiger partial charge on any atom is -0.496 e. The van der Waals surface area contributed by atoms with Crippen molar-refractivity contribution in [3.63, 3.8) is 0 Å². The Labute approximate surface area is 98.5 Å². The number of nitrogens with zero attached hydrogens (tertiary/aromatic N) is 1. The van der Waals surface area contributed by atoms with Gasteiger partial charge in [-0.15, -0.1) is 0 Å². The summed E-state index contributed by atoms with van der Waals surface area (Å²) in [7, 11) is 1.45. The standard InChI is InChI=1S/C13H11NO3/c1-17-11-6-2-5-10(12(11)13(15)16)9-4-3-7-14-8-9/h2-8H,1H3,(H,15,16). The van der Waals surface area contributed by atoms with Gasteiger partial charge in [-0.1, -0.05) is 18.2 Å². The van der Waals surface area contributed by atoms with Crippen LogP contribution in [-0.4, -0.2) is 23.2 Å². The molecular formula is C13H11NO3. The smallest absolute Gasteiger partial charge is 0.340 e. The van der Waals surface area contributed by atoms with Crippen LogP contribution in [-0.2, 0) is 0 Å². The normalized spacial score (nSPS) is 9.94. The van der Waals surface area contributed by atoms with E-state index in [0.29, 0.717) is 11.3 Å². The molecule has 0 amide bonds. The molecular weight excluding hydrogens is 218 g/mol. The number of carbonyl (C=O) groups is 1. The molecule has 4 nitrogen and oxygen atoms in total. The lowest BCUT2D eigenvalue weighted by atomic mass is 10.0. The van der Waals surface area contributed by atoms with Crippen molar-refractivity contribution in [2.75, 3.05) is 7.11 Å². The zero-order chi connectivity index (χ0) is 12.3. The summed E-state index contributed by atoms with van der Waals surface area (Å²) in [5, 5.41) is 9.24. The minimum atomic E-state index is -1.01. The zero-order valence-electron chi connectivity index (χ0n) is 9.25. The summed E-state index contributed by atoms with van der Waals surface area (Å²) in [5.41, 5.74) is 1.51. The number of carboxylic acid groups (broad SMARTS) is 1. The first-order chi connectivity index (χ1) is 8.24. The molecule has 1 N–H and O–H groups in total. The average molecular weight is 229 g/mol. The molecule has 0 spiro atoms. The van der Waals surface area contributed by atoms with Gasteiger partial charge < -0.3 is 9.84 Å². The molecule has 0 unspecified atom stereocenters. The van der Waals surface area contributed by atoms with Gasteiger partial charge in [0.25, 0.3) is 0 Å². The second-order valence-electron chi connectivity index (χ2n) is 3.43. The van der Waals surface area contributed by atoms with Crippen molar-refractivity contribution in [2.45, 2.75) is 0 Å². The Hall–Kier alpha value is -2.36. The van der Waals surface area contributed by atoms with Crippen molar-refractivity contribution in [3.05, 3.63) is 48.3 Å². The van der Waals surface area contributed by atoms with Gasteiger partial charge >= 0.3 is 5.97 Å². The molecule has 1 heterocycles. The summed E-state index contributed by atoms with van der Waals surface area (Å²) in [6.45, 7) is 0. The Morgan fingerprint density at radius 1 is 1.29 bits per heavy atom. The molecule has 0 radical (unpaired) electrons. The van der Waals surface area contributed by atoms with E-state index < -0.39 is 5.97 Å². The Balaban J connectivity index is 2.66. The van der Waals surface area contributed by atoms with E-state index in [9.17, 15) is 9.90 Å². The molecule has 0 atom stereocenters. The van der Waals surface area contributed by atoms with Crippen LogP contribution in [0, 0.1) is 0 Å². The third-order valence-electron chi connectivity index (χ3n) is 2.43. The van der Waals surface area contributed by atoms with E-state index in [4.69, 9.17) is 4.74 Å². The molecule has 1 aromatic heterocycles. The highest BCUT2D eigenvalue weighted by atomic mass is 16.5. The van der Waals surface area contributed by atoms with Crippen LogP contribution in [0.2, 0.25) is 0 Å². The Morgan fingerprint density at radius 3 is 2.71 bits per heavy atom. The maximum absolute atomic E-state index is 11.3. The van der Waals surface area contributed by atoms with Crippen LogP contribution in [0.3, 0.4) is 0 Å². The summed E-state index contributed by atoms with van der Waals surface area (Å²) < 4.78 is 5.07. The number of methoxy groups -OCH3 is 1. The molecule has 86 valence electrons. The summed E-state index contributed by atoms with van der Waals surface area (Å²) in [6, 6.07) is 8.70. The highest BCUT2D eigenvalue weighted by Gasteiger charge is 2.17. The number of carboxylic acids is 1. The zero-order valence-corrected chi connectivity index (χ0v) is 9.25. The SMILES string of the molecule is COc1cccc(-c2cccnc2)c1C(=O)O. The molecule has 0 saturated heterocycles. The largest absolute Gasteiger partial charge is 0.496 e. The molecule has 0 aliphatic heterocycles. The summed E-state index contributed by atoms with van der Waals surface area (Å²) in [5.74, 6) is -0.667. The lowest BCUT2D eigenvalue weighted by Crippen LogP contribution is -2.03. The van der Waals surface area contributed by atoms with E-state index in [1.165, 1.54) is 7.11 Å². The first kappa shape index (κ1) is 11.1. The van der Waals surface area contributed by atoms with Crippen LogP contribution in [0.1, 0.15) is 10.4 Å². The minimum absolute atomic E-state index is 0.156. The van der Waals surface area contributed by atoms with Gasteiger partial charge in [0.05, 0.1) is 7.11 Å². The molecule has 2 aromatic rings. The Kier molecular flexibility index (Phi) is 3.05. The first-order valence-electron chi connectivity index (χ1n) is 5.04. The number of pyridine rings is 1. The topological polar surface area (TPSA) is 59.4 Å². The van der Waals surface area contributed by atoms with Crippen molar-refractivity contribution in [2.24, 2.45) is 0 Å². The van der Waals surface area contributed by atoms with E-state index in [-0.39, 0.29) is 5.56 Å². The fraction of sp³-hybridized carbons (Fsp3) is 0.0769. The van der Waals surface area contributed by atoms with Crippen LogP contribution in [0.15, 0.2) is 42.7 Å². The van der Waals surface area contributed by atoms with Crippen molar-refractivity contribution in [1.82, 2.24) is 4.98 Å². The number of aromatic nitrogens is 1. The van der Waals surface area contributed by atoms with Gasteiger partial charge in [-0.05, 0) is 12.1 Å². The van der Waals surface area contributed by atoms with Crippen LogP contribution in [0.5, 0.6) is 5.75 Å². The number of ether oxygens (including phenoxy) is 1. The highest BCUT2D eigenvalue weighted by molar-refractivity contribution is 5.98. The fourth-order valence-corrected chi connectivity index (χ4v) is 1.68. The molecule has 0 saturated carbocycles. The second-order valence-corrected chi connectivity index (χ2v) is 3.43. The lowest BCUT2D eigenvalue weighted by Gasteiger charge is -2.10. The molecule has 0 aliphatic carbocycles. The van der Waals surface area contributed by atoms with Crippen LogP contribution in [0.25, 0.3) is 11.1 Å². The van der Waals surface area contributed by atoms with E-state index in [2.05, 4.69) is 4.98 Å². The number of benzene rings is 1. The summed E-state index contributed by atoms with van der Waals surface area (Å²) >= 11 is 0. The van der Waals surface area contributed by atoms with E-state index in [0.717, 1.165) is 5.56 Å². The summed E-state index contributed by atoms with van der Waals surface area (Å²) in [4.78, 5) is 15.3. The molecule has 1 aromatic carbocycles. The molecule has 0 aliphatic rings. The molecule has 0 fully saturated rings. The predicted octanol–water partition coefficient (Wildman–Crippen LogP) is 2.46. The second kappa shape index (κ2) is 4.65. The van der Waals surface area contributed by atoms with E-state index in [1.54, 1.807) is 36.7 Å². The predicted molar refractivity (Wildman–Crippen MR) is 63.2 cm³/mol. The average Bonchev–Trinajstić information content (AvgIpc) is 2.38. The van der Waals surface area contributed by atoms with Gasteiger partial charge in [-0.2, -0.15) is 0 Å². The van der Waals surface area contributed by atoms with Crippen LogP contribution in [0.4, 0.5) is 0 Å². The fourth-order valence-electron chi connectivity index (χ4n) is 1.68. The third kappa shape index (κ3) is 2.10. The van der Waals surface area contributed by atoms with Crippen molar-refractivity contribution in [3.8, 4) is 16.9 Å². The maximum Gasteiger partial charge on any atom is 0.340 e. The van der Waals surface area contributed by atoms with Gasteiger partial charge in [-0.3, -0.25) is 4.98 Å². The highest BCUT2D eigenvalue weighted by Crippen LogP contribution is 2.30. The summed E-state index contributed by atoms with van der Waals surface area (Å²) in [6.07, 6.45) is 3.27. The lowest BCUT2D eigenvalue weighted by molar-refractivity contribution is 0.0694. The van der Waals surface area contributed by atoms with E-state index >= 15 is 0 Å². The Morgan fingerprint density at radius 2 is 2.12 bits per heavy atom. The number of hydrogen-bond donors (Lipinski definition) is 1. The van der Waals surface area contributed by atoms with Gasteiger partial charge in [0.15, 0.2) is 0 Å². The molecule has 4 heteroatoms. The van der Waals surface area contributed by atoms with Crippen LogP contribution >= 0.6 is 0 Å². The van der Waals surface area contributed by atoms with Gasteiger partial charge in [0.1, 0.15) is 11.3 Å².